The molecule has 2 aromatic carbocycles. The third-order valence-electron chi connectivity index (χ3n) is 7.07. The van der Waals surface area contributed by atoms with Crippen LogP contribution in [0.2, 0.25) is 0 Å². The molecular weight excluding hydrogens is 508 g/mol. The number of carbonyl (C=O) groups excluding carboxylic acids is 3. The number of hydrogen-bond acceptors (Lipinski definition) is 7. The van der Waals surface area contributed by atoms with E-state index < -0.39 is 11.9 Å². The molecule has 10 heteroatoms. The number of aryl methyl sites for hydroxylation is 1. The lowest BCUT2D eigenvalue weighted by molar-refractivity contribution is -0.128. The smallest absolute Gasteiger partial charge is 0.251 e. The number of ketones is 1. The molecule has 1 aliphatic rings. The molecule has 1 fully saturated rings. The number of rotatable bonds is 9. The normalized spacial score (nSPS) is 14.4. The molecular formula is C30H32N6O4. The van der Waals surface area contributed by atoms with Crippen molar-refractivity contribution in [1.29, 1.82) is 0 Å². The van der Waals surface area contributed by atoms with Gasteiger partial charge in [0.15, 0.2) is 11.8 Å². The molecule has 1 saturated carbocycles. The zero-order valence-corrected chi connectivity index (χ0v) is 22.6. The van der Waals surface area contributed by atoms with Crippen LogP contribution in [0.1, 0.15) is 66.9 Å². The Balaban J connectivity index is 1.50. The Morgan fingerprint density at radius 3 is 2.38 bits per heavy atom. The maximum absolute atomic E-state index is 14.0. The van der Waals surface area contributed by atoms with E-state index in [-0.39, 0.29) is 24.3 Å². The van der Waals surface area contributed by atoms with Gasteiger partial charge in [0.1, 0.15) is 18.1 Å². The second-order valence-electron chi connectivity index (χ2n) is 10.1. The SMILES string of the molecule is CC(=O)c1ccc(N(C(=O)Cn2nnc(-c3ccccc3)n2)C(C(=O)NC2CCCCC2)c2ccc(C)o2)cc1. The number of Topliss-reactive ketones (excluding diaryl/α,β-unsaturated/α-hetero) is 1. The molecule has 2 aromatic heterocycles. The minimum atomic E-state index is -1.08. The van der Waals surface area contributed by atoms with E-state index in [0.717, 1.165) is 37.7 Å². The van der Waals surface area contributed by atoms with Crippen molar-refractivity contribution < 1.29 is 18.8 Å². The van der Waals surface area contributed by atoms with Crippen LogP contribution in [0, 0.1) is 6.92 Å². The van der Waals surface area contributed by atoms with Gasteiger partial charge in [-0.2, -0.15) is 4.80 Å². The van der Waals surface area contributed by atoms with Gasteiger partial charge in [-0.15, -0.1) is 10.2 Å². The fourth-order valence-electron chi connectivity index (χ4n) is 5.01. The molecule has 1 aliphatic carbocycles. The molecule has 1 unspecified atom stereocenters. The second-order valence-corrected chi connectivity index (χ2v) is 10.1. The minimum Gasteiger partial charge on any atom is -0.464 e. The number of tetrazole rings is 1. The molecule has 1 N–H and O–H groups in total. The third kappa shape index (κ3) is 6.17. The molecule has 0 bridgehead atoms. The fourth-order valence-corrected chi connectivity index (χ4v) is 5.01. The molecule has 2 amide bonds. The van der Waals surface area contributed by atoms with Crippen LogP contribution in [-0.2, 0) is 16.1 Å². The van der Waals surface area contributed by atoms with Gasteiger partial charge in [-0.3, -0.25) is 19.3 Å². The lowest BCUT2D eigenvalue weighted by Crippen LogP contribution is -2.48. The first kappa shape index (κ1) is 27.0. The Labute approximate surface area is 232 Å². The first-order chi connectivity index (χ1) is 19.4. The van der Waals surface area contributed by atoms with E-state index in [1.165, 1.54) is 16.6 Å². The quantitative estimate of drug-likeness (QED) is 0.306. The number of furan rings is 1. The van der Waals surface area contributed by atoms with Crippen LogP contribution in [-0.4, -0.2) is 43.8 Å². The highest BCUT2D eigenvalue weighted by atomic mass is 16.3. The molecule has 0 radical (unpaired) electrons. The average molecular weight is 541 g/mol. The van der Waals surface area contributed by atoms with Gasteiger partial charge in [0.2, 0.25) is 5.82 Å². The first-order valence-corrected chi connectivity index (χ1v) is 13.5. The molecule has 0 spiro atoms. The van der Waals surface area contributed by atoms with Crippen LogP contribution < -0.4 is 10.2 Å². The van der Waals surface area contributed by atoms with Crippen LogP contribution in [0.25, 0.3) is 11.4 Å². The maximum Gasteiger partial charge on any atom is 0.251 e. The molecule has 0 aliphatic heterocycles. The highest BCUT2D eigenvalue weighted by molar-refractivity contribution is 6.01. The molecule has 1 atom stereocenters. The Morgan fingerprint density at radius 2 is 1.73 bits per heavy atom. The highest BCUT2D eigenvalue weighted by Gasteiger charge is 2.36. The van der Waals surface area contributed by atoms with Crippen molar-refractivity contribution in [2.24, 2.45) is 0 Å². The number of anilines is 1. The van der Waals surface area contributed by atoms with Crippen molar-refractivity contribution in [3.8, 4) is 11.4 Å². The third-order valence-corrected chi connectivity index (χ3v) is 7.07. The Kier molecular flexibility index (Phi) is 8.14. The van der Waals surface area contributed by atoms with Gasteiger partial charge >= 0.3 is 0 Å². The Bertz CT molecular complexity index is 1470. The number of nitrogens with zero attached hydrogens (tertiary/aromatic N) is 5. The summed E-state index contributed by atoms with van der Waals surface area (Å²) >= 11 is 0. The van der Waals surface area contributed by atoms with Gasteiger partial charge in [0.25, 0.3) is 11.8 Å². The predicted molar refractivity (Wildman–Crippen MR) is 148 cm³/mol. The number of aromatic nitrogens is 4. The topological polar surface area (TPSA) is 123 Å². The Morgan fingerprint density at radius 1 is 1.00 bits per heavy atom. The molecule has 2 heterocycles. The van der Waals surface area contributed by atoms with Crippen molar-refractivity contribution in [3.63, 3.8) is 0 Å². The molecule has 40 heavy (non-hydrogen) atoms. The zero-order valence-electron chi connectivity index (χ0n) is 22.6. The molecule has 10 nitrogen and oxygen atoms in total. The van der Waals surface area contributed by atoms with Crippen LogP contribution in [0.5, 0.6) is 0 Å². The van der Waals surface area contributed by atoms with Gasteiger partial charge in [-0.1, -0.05) is 49.6 Å². The summed E-state index contributed by atoms with van der Waals surface area (Å²) in [6.45, 7) is 3.00. The van der Waals surface area contributed by atoms with E-state index in [9.17, 15) is 14.4 Å². The number of hydrogen-bond donors (Lipinski definition) is 1. The van der Waals surface area contributed by atoms with E-state index in [4.69, 9.17) is 4.42 Å². The van der Waals surface area contributed by atoms with Crippen LogP contribution >= 0.6 is 0 Å². The van der Waals surface area contributed by atoms with Crippen molar-refractivity contribution in [2.75, 3.05) is 4.90 Å². The molecule has 0 saturated heterocycles. The van der Waals surface area contributed by atoms with E-state index in [1.807, 2.05) is 30.3 Å². The standard InChI is InChI=1S/C30H32N6O4/c1-20-13-18-26(40-20)28(30(39)31-24-11-7-4-8-12-24)36(25-16-14-22(15-17-25)21(2)37)27(38)19-35-33-29(32-34-35)23-9-5-3-6-10-23/h3,5-6,9-10,13-18,24,28H,4,7-8,11-12,19H2,1-2H3,(H,31,39). The predicted octanol–water partition coefficient (Wildman–Crippen LogP) is 4.67. The van der Waals surface area contributed by atoms with Crippen LogP contribution in [0.4, 0.5) is 5.69 Å². The summed E-state index contributed by atoms with van der Waals surface area (Å²) in [4.78, 5) is 42.4. The summed E-state index contributed by atoms with van der Waals surface area (Å²) in [5.74, 6) is 0.478. The van der Waals surface area contributed by atoms with Gasteiger partial charge in [-0.25, -0.2) is 0 Å². The minimum absolute atomic E-state index is 0.0299. The van der Waals surface area contributed by atoms with Gasteiger partial charge in [-0.05, 0) is 68.3 Å². The van der Waals surface area contributed by atoms with Gasteiger partial charge in [0, 0.05) is 22.9 Å². The Hall–Kier alpha value is -4.60. The molecule has 4 aromatic rings. The monoisotopic (exact) mass is 540 g/mol. The van der Waals surface area contributed by atoms with E-state index in [1.54, 1.807) is 43.3 Å². The van der Waals surface area contributed by atoms with E-state index in [0.29, 0.717) is 28.6 Å². The largest absolute Gasteiger partial charge is 0.464 e. The van der Waals surface area contributed by atoms with Gasteiger partial charge in [0.05, 0.1) is 0 Å². The van der Waals surface area contributed by atoms with Crippen molar-refractivity contribution in [3.05, 3.63) is 83.8 Å². The zero-order chi connectivity index (χ0) is 28.1. The summed E-state index contributed by atoms with van der Waals surface area (Å²) in [5.41, 5.74) is 1.71. The summed E-state index contributed by atoms with van der Waals surface area (Å²) < 4.78 is 5.92. The molecule has 5 rings (SSSR count). The van der Waals surface area contributed by atoms with E-state index in [2.05, 4.69) is 20.7 Å². The second kappa shape index (κ2) is 12.1. The average Bonchev–Trinajstić information content (AvgIpc) is 3.61. The number of benzene rings is 2. The maximum atomic E-state index is 14.0. The van der Waals surface area contributed by atoms with Crippen molar-refractivity contribution >= 4 is 23.3 Å². The summed E-state index contributed by atoms with van der Waals surface area (Å²) in [6, 6.07) is 18.4. The first-order valence-electron chi connectivity index (χ1n) is 13.5. The summed E-state index contributed by atoms with van der Waals surface area (Å²) in [5, 5.41) is 15.7. The van der Waals surface area contributed by atoms with Crippen molar-refractivity contribution in [2.45, 2.75) is 64.6 Å². The highest BCUT2D eigenvalue weighted by Crippen LogP contribution is 2.31. The summed E-state index contributed by atoms with van der Waals surface area (Å²) in [7, 11) is 0. The number of carbonyl (C=O) groups is 3. The lowest BCUT2D eigenvalue weighted by Gasteiger charge is -2.32. The van der Waals surface area contributed by atoms with Crippen LogP contribution in [0.15, 0.2) is 71.1 Å². The number of amides is 2. The van der Waals surface area contributed by atoms with Crippen molar-refractivity contribution in [1.82, 2.24) is 25.5 Å². The molecule has 206 valence electrons. The van der Waals surface area contributed by atoms with E-state index >= 15 is 0 Å². The number of nitrogens with one attached hydrogen (secondary N) is 1. The lowest BCUT2D eigenvalue weighted by atomic mass is 9.95. The van der Waals surface area contributed by atoms with Crippen LogP contribution in [0.3, 0.4) is 0 Å². The fraction of sp³-hybridized carbons (Fsp3) is 0.333. The van der Waals surface area contributed by atoms with Gasteiger partial charge < -0.3 is 9.73 Å². The summed E-state index contributed by atoms with van der Waals surface area (Å²) in [6.07, 6.45) is 5.03.